The lowest BCUT2D eigenvalue weighted by Gasteiger charge is -2.50. The van der Waals surface area contributed by atoms with Gasteiger partial charge in [0, 0.05) is 11.7 Å². The molecule has 0 spiro atoms. The fourth-order valence-corrected chi connectivity index (χ4v) is 6.42. The van der Waals surface area contributed by atoms with Crippen LogP contribution >= 0.6 is 0 Å². The third kappa shape index (κ3) is 5.53. The number of fused-ring (bicyclic) bond motifs is 3. The van der Waals surface area contributed by atoms with Gasteiger partial charge in [0.15, 0.2) is 0 Å². The minimum atomic E-state index is -3.11. The van der Waals surface area contributed by atoms with Crippen LogP contribution in [0.4, 0.5) is 0 Å². The summed E-state index contributed by atoms with van der Waals surface area (Å²) < 4.78 is 28.4. The lowest BCUT2D eigenvalue weighted by Crippen LogP contribution is -2.51. The second-order valence-corrected chi connectivity index (χ2v) is 12.5. The maximum Gasteiger partial charge on any atom is 0.335 e. The van der Waals surface area contributed by atoms with Gasteiger partial charge in [-0.05, 0) is 79.7 Å². The second kappa shape index (κ2) is 9.80. The van der Waals surface area contributed by atoms with E-state index in [0.29, 0.717) is 18.4 Å². The van der Waals surface area contributed by atoms with Gasteiger partial charge in [0.1, 0.15) is 9.84 Å². The van der Waals surface area contributed by atoms with Crippen LogP contribution in [0.25, 0.3) is 0 Å². The molecule has 34 heavy (non-hydrogen) atoms. The number of hydrogen-bond acceptors (Lipinski definition) is 5. The Labute approximate surface area is 201 Å². The van der Waals surface area contributed by atoms with Gasteiger partial charge in [-0.3, -0.25) is 0 Å². The molecule has 7 heteroatoms. The molecule has 3 atom stereocenters. The normalized spacial score (nSPS) is 26.8. The van der Waals surface area contributed by atoms with E-state index in [-0.39, 0.29) is 30.3 Å². The molecule has 0 aromatic heterocycles. The first kappa shape index (κ1) is 24.9. The van der Waals surface area contributed by atoms with Crippen LogP contribution in [0.5, 0.6) is 0 Å². The number of sulfone groups is 1. The zero-order chi connectivity index (χ0) is 24.4. The Balaban J connectivity index is 1.64. The maximum absolute atomic E-state index is 11.6. The summed E-state index contributed by atoms with van der Waals surface area (Å²) in [5.74, 6) is -0.754. The minimum absolute atomic E-state index is 0.0518. The summed E-state index contributed by atoms with van der Waals surface area (Å²) >= 11 is 0. The van der Waals surface area contributed by atoms with E-state index in [0.717, 1.165) is 37.7 Å². The minimum Gasteiger partial charge on any atom is -0.478 e. The molecule has 2 aliphatic rings. The highest BCUT2D eigenvalue weighted by Gasteiger charge is 2.50. The molecule has 2 aliphatic carbocycles. The summed E-state index contributed by atoms with van der Waals surface area (Å²) in [6.45, 7) is 0.215. The van der Waals surface area contributed by atoms with Crippen molar-refractivity contribution in [3.63, 3.8) is 0 Å². The summed E-state index contributed by atoms with van der Waals surface area (Å²) in [6, 6.07) is 15.9. The van der Waals surface area contributed by atoms with Crippen molar-refractivity contribution in [3.8, 4) is 0 Å². The second-order valence-electron chi connectivity index (χ2n) is 10.2. The molecule has 0 bridgehead atoms. The molecule has 2 aromatic carbocycles. The van der Waals surface area contributed by atoms with E-state index in [2.05, 4.69) is 12.1 Å². The zero-order valence-corrected chi connectivity index (χ0v) is 20.5. The lowest BCUT2D eigenvalue weighted by molar-refractivity contribution is -0.0968. The number of carboxylic acid groups (broad SMARTS) is 1. The van der Waals surface area contributed by atoms with Gasteiger partial charge in [0.25, 0.3) is 0 Å². The van der Waals surface area contributed by atoms with E-state index in [9.17, 15) is 23.4 Å². The Bertz CT molecular complexity index is 1130. The Kier molecular flexibility index (Phi) is 7.17. The van der Waals surface area contributed by atoms with E-state index < -0.39 is 21.4 Å². The highest BCUT2D eigenvalue weighted by Crippen LogP contribution is 2.53. The molecule has 0 amide bonds. The van der Waals surface area contributed by atoms with Crippen molar-refractivity contribution >= 4 is 15.8 Å². The van der Waals surface area contributed by atoms with Gasteiger partial charge < -0.3 is 14.9 Å². The quantitative estimate of drug-likeness (QED) is 0.551. The summed E-state index contributed by atoms with van der Waals surface area (Å²) in [5, 5.41) is 21.0. The number of ether oxygens (including phenoxy) is 1. The summed E-state index contributed by atoms with van der Waals surface area (Å²) in [6.07, 6.45) is 6.61. The first-order valence-corrected chi connectivity index (χ1v) is 14.0. The standard InChI is InChI=1S/C27H34O6S/c1-34(31,32)15-14-33-19-26(30)12-13-27(17-20-6-3-2-4-7-20)23(18-26)9-5-8-21-16-22(25(28)29)10-11-24(21)27/h2-4,6-7,10-11,16,23,30H,5,8-9,12-15,17-19H2,1H3,(H,28,29)/t23-,26+,27-/m0/s1. The Morgan fingerprint density at radius 3 is 2.62 bits per heavy atom. The van der Waals surface area contributed by atoms with E-state index >= 15 is 0 Å². The molecule has 0 radical (unpaired) electrons. The molecular formula is C27H34O6S. The van der Waals surface area contributed by atoms with Gasteiger partial charge >= 0.3 is 5.97 Å². The van der Waals surface area contributed by atoms with Crippen LogP contribution in [0.15, 0.2) is 48.5 Å². The topological polar surface area (TPSA) is 101 Å². The molecule has 0 saturated heterocycles. The number of benzene rings is 2. The van der Waals surface area contributed by atoms with Crippen LogP contribution in [0.3, 0.4) is 0 Å². The van der Waals surface area contributed by atoms with Crippen molar-refractivity contribution in [1.82, 2.24) is 0 Å². The van der Waals surface area contributed by atoms with Crippen molar-refractivity contribution in [2.45, 2.75) is 56.0 Å². The Morgan fingerprint density at radius 2 is 1.91 bits per heavy atom. The van der Waals surface area contributed by atoms with E-state index in [4.69, 9.17) is 4.74 Å². The van der Waals surface area contributed by atoms with Crippen LogP contribution in [0, 0.1) is 5.92 Å². The number of hydrogen-bond donors (Lipinski definition) is 2. The highest BCUT2D eigenvalue weighted by molar-refractivity contribution is 7.90. The van der Waals surface area contributed by atoms with E-state index in [1.54, 1.807) is 6.07 Å². The van der Waals surface area contributed by atoms with Gasteiger partial charge in [-0.1, -0.05) is 36.4 Å². The maximum atomic E-state index is 11.6. The fraction of sp³-hybridized carbons (Fsp3) is 0.519. The van der Waals surface area contributed by atoms with Gasteiger partial charge in [0.2, 0.25) is 0 Å². The molecule has 1 fully saturated rings. The zero-order valence-electron chi connectivity index (χ0n) is 19.7. The van der Waals surface area contributed by atoms with Gasteiger partial charge in [-0.15, -0.1) is 0 Å². The molecular weight excluding hydrogens is 452 g/mol. The molecule has 0 aliphatic heterocycles. The fourth-order valence-electron chi connectivity index (χ4n) is 6.00. The average Bonchev–Trinajstić information content (AvgIpc) is 2.93. The largest absolute Gasteiger partial charge is 0.478 e. The monoisotopic (exact) mass is 486 g/mol. The van der Waals surface area contributed by atoms with Crippen LogP contribution in [-0.4, -0.2) is 55.4 Å². The van der Waals surface area contributed by atoms with Gasteiger partial charge in [0.05, 0.1) is 30.1 Å². The molecule has 6 nitrogen and oxygen atoms in total. The number of rotatable bonds is 8. The molecule has 4 rings (SSSR count). The summed E-state index contributed by atoms with van der Waals surface area (Å²) in [5.41, 5.74) is 2.69. The molecule has 2 aromatic rings. The third-order valence-electron chi connectivity index (χ3n) is 7.66. The summed E-state index contributed by atoms with van der Waals surface area (Å²) in [7, 11) is -3.11. The highest BCUT2D eigenvalue weighted by atomic mass is 32.2. The molecule has 2 N–H and O–H groups in total. The Hall–Kier alpha value is -2.22. The first-order valence-electron chi connectivity index (χ1n) is 12.0. The van der Waals surface area contributed by atoms with Crippen LogP contribution in [0.2, 0.25) is 0 Å². The van der Waals surface area contributed by atoms with Crippen molar-refractivity contribution in [1.29, 1.82) is 0 Å². The predicted octanol–water partition coefficient (Wildman–Crippen LogP) is 3.79. The molecule has 1 saturated carbocycles. The third-order valence-corrected chi connectivity index (χ3v) is 8.57. The SMILES string of the molecule is CS(=O)(=O)CCOC[C@@]1(O)CC[C@@]2(Cc3ccccc3)c3ccc(C(=O)O)cc3CCC[C@H]2C1. The number of carbonyl (C=O) groups is 1. The first-order chi connectivity index (χ1) is 16.1. The average molecular weight is 487 g/mol. The van der Waals surface area contributed by atoms with Crippen LogP contribution < -0.4 is 0 Å². The van der Waals surface area contributed by atoms with Gasteiger partial charge in [-0.25, -0.2) is 13.2 Å². The van der Waals surface area contributed by atoms with Crippen molar-refractivity contribution in [2.75, 3.05) is 25.2 Å². The number of aryl methyl sites for hydroxylation is 1. The lowest BCUT2D eigenvalue weighted by atomic mass is 9.56. The molecule has 0 heterocycles. The number of aromatic carboxylic acids is 1. The smallest absolute Gasteiger partial charge is 0.335 e. The van der Waals surface area contributed by atoms with E-state index in [1.165, 1.54) is 17.4 Å². The van der Waals surface area contributed by atoms with Crippen molar-refractivity contribution in [3.05, 3.63) is 70.8 Å². The van der Waals surface area contributed by atoms with Crippen LogP contribution in [-0.2, 0) is 32.8 Å². The number of carboxylic acids is 1. The summed E-state index contributed by atoms with van der Waals surface area (Å²) in [4.78, 5) is 11.6. The van der Waals surface area contributed by atoms with Crippen LogP contribution in [0.1, 0.15) is 59.2 Å². The van der Waals surface area contributed by atoms with E-state index in [1.807, 2.05) is 30.3 Å². The van der Waals surface area contributed by atoms with Crippen molar-refractivity contribution in [2.24, 2.45) is 5.92 Å². The predicted molar refractivity (Wildman–Crippen MR) is 131 cm³/mol. The van der Waals surface area contributed by atoms with Gasteiger partial charge in [-0.2, -0.15) is 0 Å². The Morgan fingerprint density at radius 1 is 1.15 bits per heavy atom. The number of aliphatic hydroxyl groups is 1. The molecule has 0 unspecified atom stereocenters. The molecule has 184 valence electrons. The van der Waals surface area contributed by atoms with Crippen molar-refractivity contribution < 1.29 is 28.2 Å².